The number of halogens is 2. The first-order valence-electron chi connectivity index (χ1n) is 11.7. The number of furan rings is 1. The summed E-state index contributed by atoms with van der Waals surface area (Å²) in [6.07, 6.45) is 8.28. The van der Waals surface area contributed by atoms with E-state index in [1.165, 1.54) is 49.9 Å². The predicted molar refractivity (Wildman–Crippen MR) is 149 cm³/mol. The fraction of sp³-hybridized carbons (Fsp3) is 0.103. The number of aromatic nitrogens is 1. The number of benzene rings is 2. The lowest BCUT2D eigenvalue weighted by molar-refractivity contribution is 0.102. The molecule has 0 aliphatic rings. The average molecular weight is 560 g/mol. The second kappa shape index (κ2) is 12.1. The first-order valence-corrected chi connectivity index (χ1v) is 12.1. The molecule has 2 aromatic carbocycles. The number of nitrogens with one attached hydrogen (secondary N) is 3. The van der Waals surface area contributed by atoms with Crippen LogP contribution in [0.25, 0.3) is 0 Å². The van der Waals surface area contributed by atoms with Crippen LogP contribution in [0.3, 0.4) is 0 Å². The molecule has 0 radical (unpaired) electrons. The molecule has 0 aliphatic carbocycles. The summed E-state index contributed by atoms with van der Waals surface area (Å²) in [5.74, 6) is 1.04. The SMILES string of the molecule is C#Cc1ccc(NC(=O)c2cc(Cl)cc(OC)c2NC(=O)c2ccc(C(=N)N(C)Cc3ccco3)cc2F)nc1. The Morgan fingerprint density at radius 2 is 1.93 bits per heavy atom. The van der Waals surface area contributed by atoms with Crippen LogP contribution < -0.4 is 15.4 Å². The number of hydrogen-bond acceptors (Lipinski definition) is 6. The Labute approximate surface area is 234 Å². The summed E-state index contributed by atoms with van der Waals surface area (Å²) in [4.78, 5) is 31.9. The van der Waals surface area contributed by atoms with Crippen molar-refractivity contribution in [3.05, 3.63) is 106 Å². The van der Waals surface area contributed by atoms with Crippen molar-refractivity contribution < 1.29 is 23.1 Å². The van der Waals surface area contributed by atoms with E-state index in [1.54, 1.807) is 30.1 Å². The van der Waals surface area contributed by atoms with Crippen molar-refractivity contribution in [1.82, 2.24) is 9.88 Å². The van der Waals surface area contributed by atoms with Crippen molar-refractivity contribution in [3.8, 4) is 18.1 Å². The topological polar surface area (TPSA) is 121 Å². The number of amidine groups is 1. The molecule has 3 N–H and O–H groups in total. The molecular weight excluding hydrogens is 537 g/mol. The highest BCUT2D eigenvalue weighted by Crippen LogP contribution is 2.33. The molecule has 4 aromatic rings. The molecule has 0 saturated carbocycles. The van der Waals surface area contributed by atoms with Gasteiger partial charge in [-0.15, -0.1) is 6.42 Å². The van der Waals surface area contributed by atoms with E-state index < -0.39 is 17.6 Å². The summed E-state index contributed by atoms with van der Waals surface area (Å²) in [5.41, 5.74) is 0.418. The zero-order valence-electron chi connectivity index (χ0n) is 21.4. The molecule has 40 heavy (non-hydrogen) atoms. The van der Waals surface area contributed by atoms with E-state index in [1.807, 2.05) is 0 Å². The number of rotatable bonds is 8. The third kappa shape index (κ3) is 6.28. The van der Waals surface area contributed by atoms with E-state index in [9.17, 15) is 9.59 Å². The molecule has 0 atom stereocenters. The molecule has 4 rings (SSSR count). The molecule has 0 saturated heterocycles. The van der Waals surface area contributed by atoms with Crippen LogP contribution in [0.5, 0.6) is 5.75 Å². The Bertz CT molecular complexity index is 1610. The number of pyridine rings is 1. The Kier molecular flexibility index (Phi) is 8.47. The number of methoxy groups -OCH3 is 1. The monoisotopic (exact) mass is 559 g/mol. The largest absolute Gasteiger partial charge is 0.494 e. The van der Waals surface area contributed by atoms with Crippen LogP contribution in [0.15, 0.2) is 71.5 Å². The Balaban J connectivity index is 1.57. The lowest BCUT2D eigenvalue weighted by Gasteiger charge is -2.19. The van der Waals surface area contributed by atoms with Crippen molar-refractivity contribution >= 4 is 40.8 Å². The lowest BCUT2D eigenvalue weighted by atomic mass is 10.1. The highest BCUT2D eigenvalue weighted by Gasteiger charge is 2.23. The van der Waals surface area contributed by atoms with Gasteiger partial charge < -0.3 is 24.7 Å². The standard InChI is InChI=1S/C29H23ClFN5O4/c1-4-17-7-10-25(33-15-17)34-29(38)22-13-19(30)14-24(39-3)26(22)35-28(37)21-9-8-18(12-23(21)31)27(32)36(2)16-20-6-5-11-40-20/h1,5-15,32H,16H2,2-3H3,(H,35,37)(H,33,34,38). The van der Waals surface area contributed by atoms with E-state index in [4.69, 9.17) is 32.6 Å². The quantitative estimate of drug-likeness (QED) is 0.151. The van der Waals surface area contributed by atoms with Crippen molar-refractivity contribution in [2.75, 3.05) is 24.8 Å². The Morgan fingerprint density at radius 1 is 1.15 bits per heavy atom. The number of carbonyl (C=O) groups is 2. The van der Waals surface area contributed by atoms with E-state index in [2.05, 4.69) is 21.5 Å². The summed E-state index contributed by atoms with van der Waals surface area (Å²) >= 11 is 6.18. The maximum absolute atomic E-state index is 15.1. The number of amides is 2. The van der Waals surface area contributed by atoms with Crippen LogP contribution in [-0.2, 0) is 6.54 Å². The van der Waals surface area contributed by atoms with Gasteiger partial charge in [-0.25, -0.2) is 9.37 Å². The molecule has 2 aromatic heterocycles. The molecule has 2 heterocycles. The number of hydrogen-bond donors (Lipinski definition) is 3. The van der Waals surface area contributed by atoms with Gasteiger partial charge in [-0.3, -0.25) is 15.0 Å². The molecule has 202 valence electrons. The summed E-state index contributed by atoms with van der Waals surface area (Å²) in [7, 11) is 3.01. The van der Waals surface area contributed by atoms with Gasteiger partial charge in [-0.1, -0.05) is 23.6 Å². The molecule has 0 bridgehead atoms. The van der Waals surface area contributed by atoms with Gasteiger partial charge in [0.1, 0.15) is 29.0 Å². The molecule has 0 spiro atoms. The minimum atomic E-state index is -0.858. The van der Waals surface area contributed by atoms with Crippen LogP contribution in [0.2, 0.25) is 5.02 Å². The maximum atomic E-state index is 15.1. The van der Waals surface area contributed by atoms with Crippen molar-refractivity contribution in [1.29, 1.82) is 5.41 Å². The fourth-order valence-corrected chi connectivity index (χ4v) is 3.96. The Morgan fingerprint density at radius 3 is 2.55 bits per heavy atom. The fourth-order valence-electron chi connectivity index (χ4n) is 3.75. The average Bonchev–Trinajstić information content (AvgIpc) is 3.46. The minimum absolute atomic E-state index is 0.0240. The van der Waals surface area contributed by atoms with E-state index in [0.29, 0.717) is 17.9 Å². The summed E-state index contributed by atoms with van der Waals surface area (Å²) < 4.78 is 25.7. The summed E-state index contributed by atoms with van der Waals surface area (Å²) in [6.45, 7) is 0.306. The smallest absolute Gasteiger partial charge is 0.259 e. The number of carbonyl (C=O) groups excluding carboxylic acids is 2. The van der Waals surface area contributed by atoms with Crippen LogP contribution in [-0.4, -0.2) is 41.7 Å². The van der Waals surface area contributed by atoms with Gasteiger partial charge in [0.15, 0.2) is 0 Å². The van der Waals surface area contributed by atoms with Crippen LogP contribution in [0, 0.1) is 23.6 Å². The number of ether oxygens (including phenoxy) is 1. The van der Waals surface area contributed by atoms with Crippen LogP contribution in [0.1, 0.15) is 37.6 Å². The van der Waals surface area contributed by atoms with E-state index in [-0.39, 0.29) is 44.8 Å². The second-order valence-electron chi connectivity index (χ2n) is 8.49. The third-order valence-electron chi connectivity index (χ3n) is 5.78. The predicted octanol–water partition coefficient (Wildman–Crippen LogP) is 5.42. The number of terminal acetylenes is 1. The van der Waals surface area contributed by atoms with Gasteiger partial charge >= 0.3 is 0 Å². The van der Waals surface area contributed by atoms with Crippen molar-refractivity contribution in [3.63, 3.8) is 0 Å². The highest BCUT2D eigenvalue weighted by atomic mass is 35.5. The van der Waals surface area contributed by atoms with Gasteiger partial charge in [0.2, 0.25) is 0 Å². The molecule has 0 aliphatic heterocycles. The van der Waals surface area contributed by atoms with E-state index in [0.717, 1.165) is 6.07 Å². The Hall–Kier alpha value is -5.14. The van der Waals surface area contributed by atoms with Gasteiger partial charge in [-0.05, 0) is 42.5 Å². The molecule has 9 nitrogen and oxygen atoms in total. The number of anilines is 2. The molecule has 2 amide bonds. The first-order chi connectivity index (χ1) is 19.2. The zero-order chi connectivity index (χ0) is 28.8. The summed E-state index contributed by atoms with van der Waals surface area (Å²) in [5, 5.41) is 13.7. The molecule has 0 fully saturated rings. The molecular formula is C29H23ClFN5O4. The number of nitrogens with zero attached hydrogens (tertiary/aromatic N) is 2. The first kappa shape index (κ1) is 27.9. The van der Waals surface area contributed by atoms with Crippen molar-refractivity contribution in [2.24, 2.45) is 0 Å². The van der Waals surface area contributed by atoms with Crippen molar-refractivity contribution in [2.45, 2.75) is 6.54 Å². The van der Waals surface area contributed by atoms with Gasteiger partial charge in [0, 0.05) is 35.5 Å². The van der Waals surface area contributed by atoms with E-state index >= 15 is 4.39 Å². The van der Waals surface area contributed by atoms with Gasteiger partial charge in [-0.2, -0.15) is 0 Å². The minimum Gasteiger partial charge on any atom is -0.494 e. The normalized spacial score (nSPS) is 10.4. The molecule has 11 heteroatoms. The third-order valence-corrected chi connectivity index (χ3v) is 6.00. The van der Waals surface area contributed by atoms with Gasteiger partial charge in [0.05, 0.1) is 36.7 Å². The van der Waals surface area contributed by atoms with Gasteiger partial charge in [0.25, 0.3) is 11.8 Å². The van der Waals surface area contributed by atoms with Crippen LogP contribution >= 0.6 is 11.6 Å². The highest BCUT2D eigenvalue weighted by molar-refractivity contribution is 6.31. The zero-order valence-corrected chi connectivity index (χ0v) is 22.2. The van der Waals surface area contributed by atoms with Crippen LogP contribution in [0.4, 0.5) is 15.9 Å². The second-order valence-corrected chi connectivity index (χ2v) is 8.93. The lowest BCUT2D eigenvalue weighted by Crippen LogP contribution is -2.26. The summed E-state index contributed by atoms with van der Waals surface area (Å²) in [6, 6.07) is 13.2. The molecule has 0 unspecified atom stereocenters. The maximum Gasteiger partial charge on any atom is 0.259 e.